The second-order valence-electron chi connectivity index (χ2n) is 2.86. The van der Waals surface area contributed by atoms with E-state index in [9.17, 15) is 0 Å². The lowest BCUT2D eigenvalue weighted by Crippen LogP contribution is -2.17. The first-order chi connectivity index (χ1) is 5.33. The summed E-state index contributed by atoms with van der Waals surface area (Å²) in [6.07, 6.45) is 2.60. The molecular formula is C8H14N2O. The third-order valence-electron chi connectivity index (χ3n) is 1.60. The van der Waals surface area contributed by atoms with Crippen molar-refractivity contribution in [3.8, 4) is 0 Å². The third-order valence-corrected chi connectivity index (χ3v) is 1.60. The first kappa shape index (κ1) is 8.27. The summed E-state index contributed by atoms with van der Waals surface area (Å²) < 4.78 is 4.72. The molecule has 0 aromatic carbocycles. The van der Waals surface area contributed by atoms with Gasteiger partial charge in [-0.25, -0.2) is 0 Å². The Morgan fingerprint density at radius 2 is 2.55 bits per heavy atom. The van der Waals surface area contributed by atoms with Gasteiger partial charge in [0.05, 0.1) is 5.69 Å². The molecule has 0 aliphatic heterocycles. The molecular weight excluding hydrogens is 140 g/mol. The van der Waals surface area contributed by atoms with Crippen molar-refractivity contribution in [3.63, 3.8) is 0 Å². The van der Waals surface area contributed by atoms with Crippen molar-refractivity contribution >= 4 is 0 Å². The lowest BCUT2D eigenvalue weighted by Gasteiger charge is -2.06. The summed E-state index contributed by atoms with van der Waals surface area (Å²) >= 11 is 0. The van der Waals surface area contributed by atoms with Gasteiger partial charge >= 0.3 is 0 Å². The van der Waals surface area contributed by atoms with Crippen molar-refractivity contribution < 1.29 is 4.52 Å². The van der Waals surface area contributed by atoms with E-state index in [1.165, 1.54) is 0 Å². The van der Waals surface area contributed by atoms with Crippen LogP contribution in [0, 0.1) is 5.92 Å². The van der Waals surface area contributed by atoms with Crippen LogP contribution in [-0.2, 0) is 6.42 Å². The van der Waals surface area contributed by atoms with E-state index >= 15 is 0 Å². The summed E-state index contributed by atoms with van der Waals surface area (Å²) in [7, 11) is 1.96. The smallest absolute Gasteiger partial charge is 0.124 e. The van der Waals surface area contributed by atoms with Gasteiger partial charge in [-0.1, -0.05) is 12.1 Å². The van der Waals surface area contributed by atoms with Gasteiger partial charge in [-0.05, 0) is 25.9 Å². The fraction of sp³-hybridized carbons (Fsp3) is 0.625. The maximum atomic E-state index is 4.72. The predicted molar refractivity (Wildman–Crippen MR) is 43.3 cm³/mol. The van der Waals surface area contributed by atoms with Gasteiger partial charge in [-0.15, -0.1) is 0 Å². The number of hydrogen-bond acceptors (Lipinski definition) is 3. The molecule has 1 atom stereocenters. The summed E-state index contributed by atoms with van der Waals surface area (Å²) in [4.78, 5) is 0. The van der Waals surface area contributed by atoms with Crippen LogP contribution in [0.2, 0.25) is 0 Å². The van der Waals surface area contributed by atoms with Crippen molar-refractivity contribution in [2.24, 2.45) is 5.92 Å². The highest BCUT2D eigenvalue weighted by Gasteiger charge is 2.03. The van der Waals surface area contributed by atoms with Crippen LogP contribution in [0.15, 0.2) is 16.9 Å². The standard InChI is InChI=1S/C8H14N2O/c1-7(6-9-2)5-8-3-4-11-10-8/h3-4,7,9H,5-6H2,1-2H3. The average molecular weight is 154 g/mol. The zero-order chi connectivity index (χ0) is 8.10. The number of aromatic nitrogens is 1. The summed E-state index contributed by atoms with van der Waals surface area (Å²) in [5.74, 6) is 0.616. The number of nitrogens with one attached hydrogen (secondary N) is 1. The zero-order valence-corrected chi connectivity index (χ0v) is 7.00. The molecule has 62 valence electrons. The molecule has 1 N–H and O–H groups in total. The van der Waals surface area contributed by atoms with Gasteiger partial charge in [0.25, 0.3) is 0 Å². The molecule has 3 heteroatoms. The second-order valence-corrected chi connectivity index (χ2v) is 2.86. The molecule has 0 spiro atoms. The molecule has 0 amide bonds. The first-order valence-electron chi connectivity index (χ1n) is 3.86. The Kier molecular flexibility index (Phi) is 3.11. The minimum atomic E-state index is 0.616. The van der Waals surface area contributed by atoms with Crippen molar-refractivity contribution in [2.75, 3.05) is 13.6 Å². The van der Waals surface area contributed by atoms with Crippen LogP contribution in [-0.4, -0.2) is 18.7 Å². The number of rotatable bonds is 4. The van der Waals surface area contributed by atoms with E-state index in [0.717, 1.165) is 18.7 Å². The van der Waals surface area contributed by atoms with E-state index in [1.807, 2.05) is 13.1 Å². The summed E-state index contributed by atoms with van der Waals surface area (Å²) in [6, 6.07) is 1.91. The average Bonchev–Trinajstić information content (AvgIpc) is 2.40. The Hall–Kier alpha value is -0.830. The van der Waals surface area contributed by atoms with Crippen LogP contribution in [0.25, 0.3) is 0 Å². The largest absolute Gasteiger partial charge is 0.365 e. The Morgan fingerprint density at radius 3 is 3.09 bits per heavy atom. The Bertz CT molecular complexity index is 184. The van der Waals surface area contributed by atoms with Crippen LogP contribution in [0.5, 0.6) is 0 Å². The van der Waals surface area contributed by atoms with E-state index in [4.69, 9.17) is 4.52 Å². The van der Waals surface area contributed by atoms with E-state index in [2.05, 4.69) is 17.4 Å². The highest BCUT2D eigenvalue weighted by atomic mass is 16.5. The van der Waals surface area contributed by atoms with E-state index in [-0.39, 0.29) is 0 Å². The maximum absolute atomic E-state index is 4.72. The molecule has 0 radical (unpaired) electrons. The lowest BCUT2D eigenvalue weighted by atomic mass is 10.1. The van der Waals surface area contributed by atoms with Gasteiger partial charge in [-0.2, -0.15) is 0 Å². The molecule has 0 aliphatic carbocycles. The fourth-order valence-corrected chi connectivity index (χ4v) is 1.12. The Labute approximate surface area is 66.8 Å². The highest BCUT2D eigenvalue weighted by molar-refractivity contribution is 4.96. The normalized spacial score (nSPS) is 13.3. The maximum Gasteiger partial charge on any atom is 0.124 e. The molecule has 0 saturated heterocycles. The monoisotopic (exact) mass is 154 g/mol. The van der Waals surface area contributed by atoms with Gasteiger partial charge in [0.15, 0.2) is 0 Å². The van der Waals surface area contributed by atoms with Crippen molar-refractivity contribution in [1.29, 1.82) is 0 Å². The van der Waals surface area contributed by atoms with E-state index < -0.39 is 0 Å². The van der Waals surface area contributed by atoms with Gasteiger partial charge in [0.1, 0.15) is 6.26 Å². The number of hydrogen-bond donors (Lipinski definition) is 1. The van der Waals surface area contributed by atoms with Crippen molar-refractivity contribution in [2.45, 2.75) is 13.3 Å². The van der Waals surface area contributed by atoms with Crippen molar-refractivity contribution in [3.05, 3.63) is 18.0 Å². The molecule has 1 unspecified atom stereocenters. The van der Waals surface area contributed by atoms with Gasteiger partial charge in [0, 0.05) is 6.07 Å². The van der Waals surface area contributed by atoms with Crippen molar-refractivity contribution in [1.82, 2.24) is 10.5 Å². The minimum absolute atomic E-state index is 0.616. The Morgan fingerprint density at radius 1 is 1.73 bits per heavy atom. The van der Waals surface area contributed by atoms with Crippen LogP contribution in [0.1, 0.15) is 12.6 Å². The lowest BCUT2D eigenvalue weighted by molar-refractivity contribution is 0.404. The highest BCUT2D eigenvalue weighted by Crippen LogP contribution is 2.04. The summed E-state index contributed by atoms with van der Waals surface area (Å²) in [5.41, 5.74) is 1.03. The SMILES string of the molecule is CNCC(C)Cc1ccon1. The van der Waals surface area contributed by atoms with Gasteiger partial charge in [-0.3, -0.25) is 0 Å². The van der Waals surface area contributed by atoms with E-state index in [0.29, 0.717) is 5.92 Å². The summed E-state index contributed by atoms with van der Waals surface area (Å²) in [6.45, 7) is 3.21. The molecule has 1 aromatic rings. The zero-order valence-electron chi connectivity index (χ0n) is 7.00. The van der Waals surface area contributed by atoms with Gasteiger partial charge in [0.2, 0.25) is 0 Å². The number of nitrogens with zero attached hydrogens (tertiary/aromatic N) is 1. The molecule has 1 aromatic heterocycles. The first-order valence-corrected chi connectivity index (χ1v) is 3.86. The topological polar surface area (TPSA) is 38.1 Å². The molecule has 0 bridgehead atoms. The molecule has 1 heterocycles. The quantitative estimate of drug-likeness (QED) is 0.705. The summed E-state index contributed by atoms with van der Waals surface area (Å²) in [5, 5.41) is 6.96. The molecule has 11 heavy (non-hydrogen) atoms. The third kappa shape index (κ3) is 2.72. The van der Waals surface area contributed by atoms with Crippen LogP contribution in [0.4, 0.5) is 0 Å². The van der Waals surface area contributed by atoms with E-state index in [1.54, 1.807) is 6.26 Å². The van der Waals surface area contributed by atoms with Crippen LogP contribution < -0.4 is 5.32 Å². The molecule has 0 fully saturated rings. The molecule has 1 rings (SSSR count). The molecule has 3 nitrogen and oxygen atoms in total. The minimum Gasteiger partial charge on any atom is -0.365 e. The Balaban J connectivity index is 2.31. The van der Waals surface area contributed by atoms with Crippen LogP contribution in [0.3, 0.4) is 0 Å². The second kappa shape index (κ2) is 4.13. The fourth-order valence-electron chi connectivity index (χ4n) is 1.12. The molecule has 0 saturated carbocycles. The predicted octanol–water partition coefficient (Wildman–Crippen LogP) is 1.07. The molecule has 0 aliphatic rings. The van der Waals surface area contributed by atoms with Gasteiger partial charge < -0.3 is 9.84 Å². The van der Waals surface area contributed by atoms with Crippen LogP contribution >= 0.6 is 0 Å².